The molecule has 1 rings (SSSR count). The van der Waals surface area contributed by atoms with Crippen molar-refractivity contribution in [2.24, 2.45) is 5.73 Å². The maximum Gasteiger partial charge on any atom is 0.241 e. The van der Waals surface area contributed by atoms with Crippen molar-refractivity contribution in [2.45, 2.75) is 18.9 Å². The number of ether oxygens (including phenoxy) is 1. The molecule has 0 aliphatic rings. The van der Waals surface area contributed by atoms with Gasteiger partial charge in [0.05, 0.1) is 6.04 Å². The number of benzene rings is 1. The molecule has 4 nitrogen and oxygen atoms in total. The second-order valence-corrected chi connectivity index (χ2v) is 3.86. The molecule has 0 fully saturated rings. The first-order valence-corrected chi connectivity index (χ1v) is 5.55. The van der Waals surface area contributed by atoms with E-state index in [0.717, 1.165) is 12.1 Å². The fraction of sp³-hybridized carbons (Fsp3) is 0.417. The first kappa shape index (κ1) is 14.5. The molecular formula is C12H16F2N2O2. The molecule has 0 radical (unpaired) electrons. The average molecular weight is 258 g/mol. The molecule has 1 atom stereocenters. The summed E-state index contributed by atoms with van der Waals surface area (Å²) in [5, 5.41) is 2.43. The standard InChI is InChI=1S/C12H16F2N2O2/c1-18-6-2-3-11(15)12(17)16-8-4-5-9(13)10(14)7-8/h4-5,7,11H,2-3,6,15H2,1H3,(H,16,17). The van der Waals surface area contributed by atoms with Crippen molar-refractivity contribution < 1.29 is 18.3 Å². The van der Waals surface area contributed by atoms with E-state index >= 15 is 0 Å². The second kappa shape index (κ2) is 7.03. The van der Waals surface area contributed by atoms with Gasteiger partial charge in [-0.1, -0.05) is 0 Å². The lowest BCUT2D eigenvalue weighted by atomic mass is 10.1. The Morgan fingerprint density at radius 3 is 2.78 bits per heavy atom. The molecule has 1 unspecified atom stereocenters. The van der Waals surface area contributed by atoms with E-state index in [2.05, 4.69) is 5.32 Å². The number of anilines is 1. The van der Waals surface area contributed by atoms with Crippen LogP contribution in [0.3, 0.4) is 0 Å². The highest BCUT2D eigenvalue weighted by molar-refractivity contribution is 5.94. The third kappa shape index (κ3) is 4.38. The predicted molar refractivity (Wildman–Crippen MR) is 64.1 cm³/mol. The van der Waals surface area contributed by atoms with Crippen LogP contribution in [0.25, 0.3) is 0 Å². The summed E-state index contributed by atoms with van der Waals surface area (Å²) in [5.74, 6) is -2.41. The normalized spacial score (nSPS) is 12.2. The van der Waals surface area contributed by atoms with Crippen molar-refractivity contribution in [3.8, 4) is 0 Å². The van der Waals surface area contributed by atoms with E-state index in [1.807, 2.05) is 0 Å². The summed E-state index contributed by atoms with van der Waals surface area (Å²) in [6.07, 6.45) is 1.12. The molecule has 0 heterocycles. The van der Waals surface area contributed by atoms with Crippen LogP contribution in [0.4, 0.5) is 14.5 Å². The predicted octanol–water partition coefficient (Wildman–Crippen LogP) is 1.66. The molecular weight excluding hydrogens is 242 g/mol. The average Bonchev–Trinajstić information content (AvgIpc) is 2.34. The van der Waals surface area contributed by atoms with Gasteiger partial charge < -0.3 is 15.8 Å². The Hall–Kier alpha value is -1.53. The molecule has 0 aliphatic heterocycles. The van der Waals surface area contributed by atoms with Crippen LogP contribution >= 0.6 is 0 Å². The SMILES string of the molecule is COCCCC(N)C(=O)Nc1ccc(F)c(F)c1. The molecule has 3 N–H and O–H groups in total. The third-order valence-corrected chi connectivity index (χ3v) is 2.39. The summed E-state index contributed by atoms with van der Waals surface area (Å²) in [6, 6.07) is 2.43. The molecule has 1 aromatic rings. The van der Waals surface area contributed by atoms with Crippen LogP contribution in [0, 0.1) is 11.6 Å². The molecule has 18 heavy (non-hydrogen) atoms. The molecule has 0 aliphatic carbocycles. The van der Waals surface area contributed by atoms with Crippen LogP contribution in [0.2, 0.25) is 0 Å². The van der Waals surface area contributed by atoms with Crippen LogP contribution in [-0.4, -0.2) is 25.7 Å². The van der Waals surface area contributed by atoms with Crippen molar-refractivity contribution in [1.29, 1.82) is 0 Å². The second-order valence-electron chi connectivity index (χ2n) is 3.86. The first-order valence-electron chi connectivity index (χ1n) is 5.55. The number of carbonyl (C=O) groups is 1. The van der Waals surface area contributed by atoms with Crippen molar-refractivity contribution in [3.05, 3.63) is 29.8 Å². The molecule has 0 saturated carbocycles. The van der Waals surface area contributed by atoms with Crippen LogP contribution < -0.4 is 11.1 Å². The molecule has 6 heteroatoms. The van der Waals surface area contributed by atoms with Gasteiger partial charge in [-0.25, -0.2) is 8.78 Å². The van der Waals surface area contributed by atoms with Crippen LogP contribution in [-0.2, 0) is 9.53 Å². The Morgan fingerprint density at radius 1 is 1.44 bits per heavy atom. The topological polar surface area (TPSA) is 64.3 Å². The number of carbonyl (C=O) groups excluding carboxylic acids is 1. The van der Waals surface area contributed by atoms with Crippen molar-refractivity contribution in [3.63, 3.8) is 0 Å². The number of halogens is 2. The maximum absolute atomic E-state index is 12.9. The number of rotatable bonds is 6. The van der Waals surface area contributed by atoms with E-state index < -0.39 is 23.6 Å². The zero-order chi connectivity index (χ0) is 13.5. The summed E-state index contributed by atoms with van der Waals surface area (Å²) in [5.41, 5.74) is 5.82. The summed E-state index contributed by atoms with van der Waals surface area (Å²) >= 11 is 0. The molecule has 0 spiro atoms. The number of amides is 1. The van der Waals surface area contributed by atoms with Gasteiger partial charge in [-0.3, -0.25) is 4.79 Å². The third-order valence-electron chi connectivity index (χ3n) is 2.39. The summed E-state index contributed by atoms with van der Waals surface area (Å²) in [4.78, 5) is 11.6. The van der Waals surface area contributed by atoms with Gasteiger partial charge in [-0.15, -0.1) is 0 Å². The highest BCUT2D eigenvalue weighted by atomic mass is 19.2. The number of methoxy groups -OCH3 is 1. The minimum atomic E-state index is -1.01. The number of nitrogens with one attached hydrogen (secondary N) is 1. The minimum absolute atomic E-state index is 0.182. The smallest absolute Gasteiger partial charge is 0.241 e. The van der Waals surface area contributed by atoms with E-state index in [4.69, 9.17) is 10.5 Å². The fourth-order valence-corrected chi connectivity index (χ4v) is 1.39. The van der Waals surface area contributed by atoms with Gasteiger partial charge in [0.15, 0.2) is 11.6 Å². The molecule has 1 amide bonds. The number of hydrogen-bond acceptors (Lipinski definition) is 3. The fourth-order valence-electron chi connectivity index (χ4n) is 1.39. The van der Waals surface area contributed by atoms with E-state index in [1.165, 1.54) is 6.07 Å². The van der Waals surface area contributed by atoms with Gasteiger partial charge in [-0.05, 0) is 25.0 Å². The number of nitrogens with two attached hydrogens (primary N) is 1. The van der Waals surface area contributed by atoms with E-state index in [9.17, 15) is 13.6 Å². The highest BCUT2D eigenvalue weighted by Crippen LogP contribution is 2.13. The number of hydrogen-bond donors (Lipinski definition) is 2. The van der Waals surface area contributed by atoms with Crippen LogP contribution in [0.1, 0.15) is 12.8 Å². The minimum Gasteiger partial charge on any atom is -0.385 e. The molecule has 0 aromatic heterocycles. The molecule has 0 bridgehead atoms. The molecule has 1 aromatic carbocycles. The summed E-state index contributed by atoms with van der Waals surface area (Å²) in [6.45, 7) is 0.520. The van der Waals surface area contributed by atoms with Crippen LogP contribution in [0.5, 0.6) is 0 Å². The van der Waals surface area contributed by atoms with Crippen molar-refractivity contribution in [2.75, 3.05) is 19.0 Å². The largest absolute Gasteiger partial charge is 0.385 e. The Bertz CT molecular complexity index is 413. The van der Waals surface area contributed by atoms with Gasteiger partial charge in [-0.2, -0.15) is 0 Å². The summed E-state index contributed by atoms with van der Waals surface area (Å²) in [7, 11) is 1.56. The highest BCUT2D eigenvalue weighted by Gasteiger charge is 2.13. The Kier molecular flexibility index (Phi) is 5.67. The van der Waals surface area contributed by atoms with Crippen molar-refractivity contribution in [1.82, 2.24) is 0 Å². The van der Waals surface area contributed by atoms with E-state index in [0.29, 0.717) is 19.4 Å². The zero-order valence-corrected chi connectivity index (χ0v) is 10.1. The molecule has 100 valence electrons. The lowest BCUT2D eigenvalue weighted by molar-refractivity contribution is -0.117. The lowest BCUT2D eigenvalue weighted by Crippen LogP contribution is -2.35. The van der Waals surface area contributed by atoms with Crippen LogP contribution in [0.15, 0.2) is 18.2 Å². The zero-order valence-electron chi connectivity index (χ0n) is 10.1. The first-order chi connectivity index (χ1) is 8.54. The lowest BCUT2D eigenvalue weighted by Gasteiger charge is -2.12. The quantitative estimate of drug-likeness (QED) is 0.763. The van der Waals surface area contributed by atoms with Crippen molar-refractivity contribution >= 4 is 11.6 Å². The van der Waals surface area contributed by atoms with Gasteiger partial charge in [0.25, 0.3) is 0 Å². The van der Waals surface area contributed by atoms with Gasteiger partial charge in [0, 0.05) is 25.5 Å². The van der Waals surface area contributed by atoms with Gasteiger partial charge in [0.2, 0.25) is 5.91 Å². The summed E-state index contributed by atoms with van der Waals surface area (Å²) < 4.78 is 30.4. The Labute approximate surface area is 104 Å². The van der Waals surface area contributed by atoms with Gasteiger partial charge >= 0.3 is 0 Å². The van der Waals surface area contributed by atoms with E-state index in [1.54, 1.807) is 7.11 Å². The molecule has 0 saturated heterocycles. The monoisotopic (exact) mass is 258 g/mol. The van der Waals surface area contributed by atoms with Gasteiger partial charge in [0.1, 0.15) is 0 Å². The maximum atomic E-state index is 12.9. The Balaban J connectivity index is 2.50. The Morgan fingerprint density at radius 2 is 2.17 bits per heavy atom. The van der Waals surface area contributed by atoms with E-state index in [-0.39, 0.29) is 5.69 Å².